The van der Waals surface area contributed by atoms with Gasteiger partial charge in [-0.15, -0.1) is 0 Å². The Morgan fingerprint density at radius 3 is 2.42 bits per heavy atom. The topological polar surface area (TPSA) is 32.0 Å². The molecule has 0 aliphatic rings. The van der Waals surface area contributed by atoms with Gasteiger partial charge in [-0.25, -0.2) is 0 Å². The average Bonchev–Trinajstić information content (AvgIpc) is 3.08. The molecule has 1 aromatic heterocycles. The maximum Gasteiger partial charge on any atom is 0.0999 e. The minimum absolute atomic E-state index is 0.457. The summed E-state index contributed by atoms with van der Waals surface area (Å²) >= 11 is 12.2. The standard InChI is InChI=1S/C21H17Cl2N3/c1-25(2)17-6-8-18(9-7-17)26-11-3-4-19(26)12-15(14-24)20-10-5-16(22)13-21(20)23/h3-13H,1-2H3/b15-12-. The second-order valence-corrected chi connectivity index (χ2v) is 6.85. The molecule has 0 fully saturated rings. The smallest absolute Gasteiger partial charge is 0.0999 e. The van der Waals surface area contributed by atoms with Crippen molar-refractivity contribution in [2.75, 3.05) is 19.0 Å². The van der Waals surface area contributed by atoms with E-state index in [2.05, 4.69) is 23.1 Å². The number of anilines is 1. The number of nitrogens with zero attached hydrogens (tertiary/aromatic N) is 3. The van der Waals surface area contributed by atoms with Gasteiger partial charge in [-0.3, -0.25) is 0 Å². The molecule has 5 heteroatoms. The van der Waals surface area contributed by atoms with Crippen LogP contribution in [0.4, 0.5) is 5.69 Å². The van der Waals surface area contributed by atoms with Gasteiger partial charge in [-0.1, -0.05) is 29.3 Å². The molecule has 2 aromatic carbocycles. The zero-order chi connectivity index (χ0) is 18.7. The molecule has 0 radical (unpaired) electrons. The van der Waals surface area contributed by atoms with Crippen LogP contribution < -0.4 is 4.90 Å². The Morgan fingerprint density at radius 1 is 1.08 bits per heavy atom. The van der Waals surface area contributed by atoms with Gasteiger partial charge in [0.2, 0.25) is 0 Å². The SMILES string of the molecule is CN(C)c1ccc(-n2cccc2/C=C(/C#N)c2ccc(Cl)cc2Cl)cc1. The van der Waals surface area contributed by atoms with Crippen LogP contribution in [0.25, 0.3) is 17.3 Å². The first-order chi connectivity index (χ1) is 12.5. The highest BCUT2D eigenvalue weighted by molar-refractivity contribution is 6.36. The van der Waals surface area contributed by atoms with Gasteiger partial charge in [-0.2, -0.15) is 5.26 Å². The van der Waals surface area contributed by atoms with Crippen molar-refractivity contribution >= 4 is 40.5 Å². The van der Waals surface area contributed by atoms with Crippen LogP contribution in [-0.2, 0) is 0 Å². The normalized spacial score (nSPS) is 11.3. The molecular formula is C21H17Cl2N3. The number of aromatic nitrogens is 1. The molecule has 0 atom stereocenters. The van der Waals surface area contributed by atoms with Crippen LogP contribution in [0.2, 0.25) is 10.0 Å². The average molecular weight is 382 g/mol. The number of rotatable bonds is 4. The first kappa shape index (κ1) is 18.1. The predicted molar refractivity (Wildman–Crippen MR) is 110 cm³/mol. The monoisotopic (exact) mass is 381 g/mol. The molecule has 0 spiro atoms. The molecule has 130 valence electrons. The highest BCUT2D eigenvalue weighted by Crippen LogP contribution is 2.29. The van der Waals surface area contributed by atoms with Crippen molar-refractivity contribution in [3.8, 4) is 11.8 Å². The van der Waals surface area contributed by atoms with Gasteiger partial charge in [0.15, 0.2) is 0 Å². The van der Waals surface area contributed by atoms with Crippen LogP contribution in [0, 0.1) is 11.3 Å². The zero-order valence-corrected chi connectivity index (χ0v) is 16.0. The largest absolute Gasteiger partial charge is 0.378 e. The highest BCUT2D eigenvalue weighted by atomic mass is 35.5. The lowest BCUT2D eigenvalue weighted by Crippen LogP contribution is -2.08. The lowest BCUT2D eigenvalue weighted by Gasteiger charge is -2.14. The Bertz CT molecular complexity index is 993. The zero-order valence-electron chi connectivity index (χ0n) is 14.4. The van der Waals surface area contributed by atoms with Crippen molar-refractivity contribution in [2.45, 2.75) is 0 Å². The van der Waals surface area contributed by atoms with E-state index >= 15 is 0 Å². The number of halogens is 2. The van der Waals surface area contributed by atoms with Crippen molar-refractivity contribution in [3.63, 3.8) is 0 Å². The Labute approximate surface area is 163 Å². The summed E-state index contributed by atoms with van der Waals surface area (Å²) in [6.07, 6.45) is 3.80. The Balaban J connectivity index is 2.01. The maximum absolute atomic E-state index is 9.61. The van der Waals surface area contributed by atoms with Crippen molar-refractivity contribution in [3.05, 3.63) is 82.1 Å². The number of benzene rings is 2. The molecule has 0 saturated heterocycles. The van der Waals surface area contributed by atoms with E-state index in [1.165, 1.54) is 0 Å². The minimum atomic E-state index is 0.457. The second-order valence-electron chi connectivity index (χ2n) is 6.01. The van der Waals surface area contributed by atoms with Gasteiger partial charge >= 0.3 is 0 Å². The summed E-state index contributed by atoms with van der Waals surface area (Å²) in [6, 6.07) is 19.5. The summed E-state index contributed by atoms with van der Waals surface area (Å²) in [7, 11) is 4.02. The van der Waals surface area contributed by atoms with E-state index in [9.17, 15) is 5.26 Å². The molecular weight excluding hydrogens is 365 g/mol. The maximum atomic E-state index is 9.61. The van der Waals surface area contributed by atoms with Crippen molar-refractivity contribution in [1.82, 2.24) is 4.57 Å². The van der Waals surface area contributed by atoms with Crippen molar-refractivity contribution in [2.24, 2.45) is 0 Å². The van der Waals surface area contributed by atoms with E-state index in [0.717, 1.165) is 17.1 Å². The molecule has 0 bridgehead atoms. The van der Waals surface area contributed by atoms with Gasteiger partial charge < -0.3 is 9.47 Å². The summed E-state index contributed by atoms with van der Waals surface area (Å²) < 4.78 is 2.03. The molecule has 0 aliphatic heterocycles. The molecule has 0 unspecified atom stereocenters. The van der Waals surface area contributed by atoms with E-state index in [-0.39, 0.29) is 0 Å². The quantitative estimate of drug-likeness (QED) is 0.525. The molecule has 26 heavy (non-hydrogen) atoms. The van der Waals surface area contributed by atoms with Gasteiger partial charge in [0.05, 0.1) is 16.7 Å². The van der Waals surface area contributed by atoms with Crippen LogP contribution in [0.3, 0.4) is 0 Å². The van der Waals surface area contributed by atoms with Crippen LogP contribution in [0.1, 0.15) is 11.3 Å². The fraction of sp³-hybridized carbons (Fsp3) is 0.0952. The Morgan fingerprint density at radius 2 is 1.81 bits per heavy atom. The molecule has 0 amide bonds. The van der Waals surface area contributed by atoms with Gasteiger partial charge in [0.25, 0.3) is 0 Å². The molecule has 0 saturated carbocycles. The molecule has 0 aliphatic carbocycles. The van der Waals surface area contributed by atoms with E-state index in [1.807, 2.05) is 55.2 Å². The highest BCUT2D eigenvalue weighted by Gasteiger charge is 2.09. The van der Waals surface area contributed by atoms with Gasteiger partial charge in [-0.05, 0) is 54.6 Å². The van der Waals surface area contributed by atoms with E-state index in [4.69, 9.17) is 23.2 Å². The first-order valence-electron chi connectivity index (χ1n) is 8.02. The summed E-state index contributed by atoms with van der Waals surface area (Å²) in [4.78, 5) is 2.05. The molecule has 3 nitrogen and oxygen atoms in total. The fourth-order valence-electron chi connectivity index (χ4n) is 2.68. The second kappa shape index (κ2) is 7.70. The Hall–Kier alpha value is -2.67. The minimum Gasteiger partial charge on any atom is -0.378 e. The summed E-state index contributed by atoms with van der Waals surface area (Å²) in [6.45, 7) is 0. The third-order valence-corrected chi connectivity index (χ3v) is 4.61. The van der Waals surface area contributed by atoms with Crippen molar-refractivity contribution < 1.29 is 0 Å². The number of nitriles is 1. The summed E-state index contributed by atoms with van der Waals surface area (Å²) in [5.41, 5.74) is 4.19. The van der Waals surface area contributed by atoms with Crippen LogP contribution in [-0.4, -0.2) is 18.7 Å². The molecule has 0 N–H and O–H groups in total. The third-order valence-electron chi connectivity index (χ3n) is 4.06. The van der Waals surface area contributed by atoms with Gasteiger partial charge in [0, 0.05) is 47.9 Å². The predicted octanol–water partition coefficient (Wildman–Crippen LogP) is 5.91. The third kappa shape index (κ3) is 3.77. The number of hydrogen-bond donors (Lipinski definition) is 0. The van der Waals surface area contributed by atoms with Crippen LogP contribution >= 0.6 is 23.2 Å². The number of allylic oxidation sites excluding steroid dienone is 1. The van der Waals surface area contributed by atoms with E-state index in [1.54, 1.807) is 18.2 Å². The molecule has 3 aromatic rings. The van der Waals surface area contributed by atoms with E-state index in [0.29, 0.717) is 21.2 Å². The summed E-state index contributed by atoms with van der Waals surface area (Å²) in [5, 5.41) is 10.6. The fourth-order valence-corrected chi connectivity index (χ4v) is 3.19. The van der Waals surface area contributed by atoms with E-state index < -0.39 is 0 Å². The summed E-state index contributed by atoms with van der Waals surface area (Å²) in [5.74, 6) is 0. The van der Waals surface area contributed by atoms with Crippen LogP contribution in [0.5, 0.6) is 0 Å². The van der Waals surface area contributed by atoms with Crippen LogP contribution in [0.15, 0.2) is 60.8 Å². The van der Waals surface area contributed by atoms with Gasteiger partial charge in [0.1, 0.15) is 0 Å². The molecule has 1 heterocycles. The Kier molecular flexibility index (Phi) is 5.37. The first-order valence-corrected chi connectivity index (χ1v) is 8.77. The number of hydrogen-bond acceptors (Lipinski definition) is 2. The lowest BCUT2D eigenvalue weighted by molar-refractivity contribution is 1.06. The van der Waals surface area contributed by atoms with Crippen molar-refractivity contribution in [1.29, 1.82) is 5.26 Å². The lowest BCUT2D eigenvalue weighted by atomic mass is 10.1. The molecule has 3 rings (SSSR count).